The minimum atomic E-state index is -5.08. The second-order valence-electron chi connectivity index (χ2n) is 15.4. The number of rotatable bonds is 10. The van der Waals surface area contributed by atoms with Crippen molar-refractivity contribution in [1.82, 2.24) is 29.9 Å². The Morgan fingerprint density at radius 1 is 0.921 bits per heavy atom. The zero-order valence-corrected chi connectivity index (χ0v) is 34.5. The van der Waals surface area contributed by atoms with Gasteiger partial charge in [-0.05, 0) is 61.1 Å². The number of imide groups is 1. The Hall–Kier alpha value is -6.32. The summed E-state index contributed by atoms with van der Waals surface area (Å²) < 4.78 is 87.7. The molecule has 7 rings (SSSR count). The molecule has 3 aliphatic heterocycles. The monoisotopic (exact) mass is 892 g/mol. The molecule has 2 aromatic carbocycles. The highest BCUT2D eigenvalue weighted by Gasteiger charge is 2.39. The predicted molar refractivity (Wildman–Crippen MR) is 216 cm³/mol. The number of benzene rings is 2. The molecule has 1 unspecified atom stereocenters. The smallest absolute Gasteiger partial charge is 0.490 e. The minimum Gasteiger partial charge on any atom is -0.496 e. The second-order valence-corrected chi connectivity index (χ2v) is 15.4. The Balaban J connectivity index is 0.000000871. The number of H-pyrrole nitrogens is 1. The molecule has 0 radical (unpaired) electrons. The lowest BCUT2D eigenvalue weighted by Crippen LogP contribution is -2.49. The van der Waals surface area contributed by atoms with Gasteiger partial charge in [0.15, 0.2) is 0 Å². The van der Waals surface area contributed by atoms with Gasteiger partial charge in [0.25, 0.3) is 5.56 Å². The molecule has 16 nitrogen and oxygen atoms in total. The SMILES string of the molecule is COc1cc(-c2cn(C)c(=O)c3[nH]ncc23)cc(OC)c1CN1CCN(C(=O)CC2CCN(c3ccc(NC4CCC(=O)NC4=O)cc3C(F)(F)F)CC2)CC1.O=C(O)C(F)(F)F. The number of aryl methyl sites for hydroxylation is 1. The fraction of sp³-hybridized carbons (Fsp3) is 0.463. The number of amides is 3. The Kier molecular flexibility index (Phi) is 13.9. The average molecular weight is 893 g/mol. The zero-order valence-electron chi connectivity index (χ0n) is 34.5. The van der Waals surface area contributed by atoms with E-state index in [1.807, 2.05) is 17.0 Å². The number of hydrogen-bond donors (Lipinski definition) is 4. The third-order valence-corrected chi connectivity index (χ3v) is 11.4. The van der Waals surface area contributed by atoms with E-state index in [0.29, 0.717) is 87.5 Å². The van der Waals surface area contributed by atoms with Gasteiger partial charge in [0.2, 0.25) is 17.7 Å². The number of piperidine rings is 2. The number of nitrogens with one attached hydrogen (secondary N) is 3. The summed E-state index contributed by atoms with van der Waals surface area (Å²) in [5, 5.41) is 19.7. The molecule has 63 heavy (non-hydrogen) atoms. The molecule has 3 aliphatic rings. The Morgan fingerprint density at radius 2 is 1.56 bits per heavy atom. The van der Waals surface area contributed by atoms with Crippen LogP contribution < -0.4 is 30.6 Å². The lowest BCUT2D eigenvalue weighted by Gasteiger charge is -2.38. The van der Waals surface area contributed by atoms with E-state index >= 15 is 0 Å². The number of fused-ring (bicyclic) bond motifs is 1. The molecule has 4 N–H and O–H groups in total. The maximum Gasteiger partial charge on any atom is 0.490 e. The fourth-order valence-corrected chi connectivity index (χ4v) is 7.97. The summed E-state index contributed by atoms with van der Waals surface area (Å²) in [6.45, 7) is 3.68. The van der Waals surface area contributed by atoms with Crippen LogP contribution in [0.25, 0.3) is 22.0 Å². The minimum absolute atomic E-state index is 0.0466. The Bertz CT molecular complexity index is 2380. The first-order chi connectivity index (χ1) is 29.8. The van der Waals surface area contributed by atoms with Gasteiger partial charge in [0.05, 0.1) is 31.5 Å². The number of aromatic amines is 1. The molecule has 22 heteroatoms. The molecule has 0 saturated carbocycles. The van der Waals surface area contributed by atoms with Crippen LogP contribution in [0.3, 0.4) is 0 Å². The summed E-state index contributed by atoms with van der Waals surface area (Å²) >= 11 is 0. The first kappa shape index (κ1) is 46.2. The number of alkyl halides is 6. The summed E-state index contributed by atoms with van der Waals surface area (Å²) in [4.78, 5) is 64.4. The van der Waals surface area contributed by atoms with Gasteiger partial charge in [-0.2, -0.15) is 31.4 Å². The van der Waals surface area contributed by atoms with Crippen LogP contribution in [-0.4, -0.2) is 119 Å². The lowest BCUT2D eigenvalue weighted by molar-refractivity contribution is -0.192. The molecular formula is C41H46F6N8O8. The summed E-state index contributed by atoms with van der Waals surface area (Å²) in [6.07, 6.45) is -4.49. The number of halogens is 6. The van der Waals surface area contributed by atoms with Crippen LogP contribution in [-0.2, 0) is 38.9 Å². The van der Waals surface area contributed by atoms with E-state index in [-0.39, 0.29) is 41.6 Å². The topological polar surface area (TPSA) is 191 Å². The summed E-state index contributed by atoms with van der Waals surface area (Å²) in [5.41, 5.74) is 2.14. The maximum absolute atomic E-state index is 14.3. The molecule has 0 bridgehead atoms. The zero-order chi connectivity index (χ0) is 45.8. The van der Waals surface area contributed by atoms with Crippen LogP contribution in [0.2, 0.25) is 0 Å². The number of methoxy groups -OCH3 is 2. The number of carbonyl (C=O) groups is 4. The number of hydrogen-bond acceptors (Lipinski definition) is 11. The van der Waals surface area contributed by atoms with Crippen LogP contribution in [0.1, 0.15) is 43.2 Å². The number of nitrogens with zero attached hydrogens (tertiary/aromatic N) is 5. The van der Waals surface area contributed by atoms with Crippen LogP contribution in [0.5, 0.6) is 11.5 Å². The molecule has 3 amide bonds. The van der Waals surface area contributed by atoms with Crippen LogP contribution in [0, 0.1) is 5.92 Å². The third kappa shape index (κ3) is 10.8. The molecule has 3 saturated heterocycles. The van der Waals surface area contributed by atoms with Crippen molar-refractivity contribution >= 4 is 46.0 Å². The molecule has 0 spiro atoms. The second kappa shape index (κ2) is 19.0. The van der Waals surface area contributed by atoms with Crippen LogP contribution >= 0.6 is 0 Å². The van der Waals surface area contributed by atoms with Gasteiger partial charge in [-0.25, -0.2) is 4.79 Å². The highest BCUT2D eigenvalue weighted by molar-refractivity contribution is 6.01. The lowest BCUT2D eigenvalue weighted by atomic mass is 9.92. The number of carboxylic acid groups (broad SMARTS) is 1. The van der Waals surface area contributed by atoms with E-state index in [9.17, 15) is 45.5 Å². The quantitative estimate of drug-likeness (QED) is 0.126. The molecule has 3 fully saturated rings. The van der Waals surface area contributed by atoms with Gasteiger partial charge in [0.1, 0.15) is 23.1 Å². The third-order valence-electron chi connectivity index (χ3n) is 11.4. The maximum atomic E-state index is 14.3. The van der Waals surface area contributed by atoms with Crippen molar-refractivity contribution in [2.45, 2.75) is 57.0 Å². The van der Waals surface area contributed by atoms with Crippen molar-refractivity contribution < 1.29 is 60.1 Å². The van der Waals surface area contributed by atoms with Gasteiger partial charge < -0.3 is 34.3 Å². The van der Waals surface area contributed by atoms with Crippen LogP contribution in [0.15, 0.2) is 47.5 Å². The van der Waals surface area contributed by atoms with Crippen molar-refractivity contribution in [3.8, 4) is 22.6 Å². The average Bonchev–Trinajstić information content (AvgIpc) is 3.74. The molecule has 340 valence electrons. The van der Waals surface area contributed by atoms with E-state index in [0.717, 1.165) is 22.8 Å². The summed E-state index contributed by atoms with van der Waals surface area (Å²) in [6, 6.07) is 7.03. The van der Waals surface area contributed by atoms with Crippen molar-refractivity contribution in [1.29, 1.82) is 0 Å². The number of carboxylic acids is 1. The van der Waals surface area contributed by atoms with E-state index in [2.05, 4.69) is 25.7 Å². The van der Waals surface area contributed by atoms with Crippen molar-refractivity contribution in [2.75, 3.05) is 63.7 Å². The van der Waals surface area contributed by atoms with E-state index in [4.69, 9.17) is 19.4 Å². The number of piperazine rings is 1. The highest BCUT2D eigenvalue weighted by atomic mass is 19.4. The molecule has 4 aromatic rings. The van der Waals surface area contributed by atoms with Crippen molar-refractivity contribution in [3.63, 3.8) is 0 Å². The summed E-state index contributed by atoms with van der Waals surface area (Å²) in [7, 11) is 4.90. The number of carbonyl (C=O) groups excluding carboxylic acids is 3. The first-order valence-corrected chi connectivity index (χ1v) is 19.9. The Morgan fingerprint density at radius 3 is 2.13 bits per heavy atom. The van der Waals surface area contributed by atoms with Crippen LogP contribution in [0.4, 0.5) is 37.7 Å². The predicted octanol–water partition coefficient (Wildman–Crippen LogP) is 4.77. The molecular weight excluding hydrogens is 846 g/mol. The largest absolute Gasteiger partial charge is 0.496 e. The number of aliphatic carboxylic acids is 1. The van der Waals surface area contributed by atoms with Crippen molar-refractivity contribution in [3.05, 3.63) is 64.2 Å². The van der Waals surface area contributed by atoms with E-state index in [1.54, 1.807) is 38.6 Å². The van der Waals surface area contributed by atoms with E-state index < -0.39 is 41.7 Å². The molecule has 1 atom stereocenters. The number of aromatic nitrogens is 3. The molecule has 0 aliphatic carbocycles. The first-order valence-electron chi connectivity index (χ1n) is 19.9. The number of anilines is 2. The number of pyridine rings is 1. The summed E-state index contributed by atoms with van der Waals surface area (Å²) in [5.74, 6) is -2.34. The standard InChI is InChI=1S/C39H45F3N8O6.C2HF3O2/c1-47-21-27(26-20-43-46-36(26)38(47)54)24-17-32(55-2)28(33(18-24)56-3)22-48-12-14-50(15-13-48)35(52)16-23-8-10-49(11-9-23)31-6-4-25(19-29(31)39(40,41)42)44-30-5-7-34(51)45-37(30)53;3-2(4,5)1(6)7/h4,6,17-21,23,30,44H,5,7-16,22H2,1-3H3,(H,43,46)(H,45,51,53);(H,6,7). The highest BCUT2D eigenvalue weighted by Crippen LogP contribution is 2.41. The van der Waals surface area contributed by atoms with Gasteiger partial charge in [0, 0.05) is 94.2 Å². The fourth-order valence-electron chi connectivity index (χ4n) is 7.97. The molecule has 5 heterocycles. The van der Waals surface area contributed by atoms with Gasteiger partial charge in [-0.3, -0.25) is 34.5 Å². The van der Waals surface area contributed by atoms with Gasteiger partial charge >= 0.3 is 18.3 Å². The molecule has 2 aromatic heterocycles. The van der Waals surface area contributed by atoms with Gasteiger partial charge in [-0.15, -0.1) is 0 Å². The van der Waals surface area contributed by atoms with Gasteiger partial charge in [-0.1, -0.05) is 0 Å². The number of ether oxygens (including phenoxy) is 2. The van der Waals surface area contributed by atoms with Crippen molar-refractivity contribution in [2.24, 2.45) is 13.0 Å². The van der Waals surface area contributed by atoms with E-state index in [1.165, 1.54) is 16.7 Å². The normalized spacial score (nSPS) is 17.8. The Labute approximate surface area is 356 Å².